The third-order valence-corrected chi connectivity index (χ3v) is 4.21. The number of hydrogen-bond acceptors (Lipinski definition) is 3. The van der Waals surface area contributed by atoms with Gasteiger partial charge in [0, 0.05) is 17.3 Å². The SMILES string of the molecule is COC(=O)c1ncc(-c2ccc(Cl)c(Cl)c2Cl)cc1C(F)(F)F. The molecule has 3 nitrogen and oxygen atoms in total. The Labute approximate surface area is 143 Å². The van der Waals surface area contributed by atoms with Gasteiger partial charge in [0.1, 0.15) is 0 Å². The fourth-order valence-electron chi connectivity index (χ4n) is 1.84. The van der Waals surface area contributed by atoms with Gasteiger partial charge in [0.25, 0.3) is 0 Å². The molecule has 1 heterocycles. The molecular formula is C14H7Cl3F3NO2. The molecule has 0 spiro atoms. The first-order valence-electron chi connectivity index (χ1n) is 5.96. The fraction of sp³-hybridized carbons (Fsp3) is 0.143. The minimum absolute atomic E-state index is 0.0106. The Morgan fingerprint density at radius 1 is 1.17 bits per heavy atom. The second-order valence-corrected chi connectivity index (χ2v) is 5.50. The minimum Gasteiger partial charge on any atom is -0.464 e. The van der Waals surface area contributed by atoms with Crippen LogP contribution in [-0.4, -0.2) is 18.1 Å². The maximum absolute atomic E-state index is 13.2. The van der Waals surface area contributed by atoms with Crippen LogP contribution in [0.5, 0.6) is 0 Å². The van der Waals surface area contributed by atoms with E-state index in [4.69, 9.17) is 34.8 Å². The third kappa shape index (κ3) is 3.54. The maximum atomic E-state index is 13.2. The van der Waals surface area contributed by atoms with Crippen molar-refractivity contribution in [1.29, 1.82) is 0 Å². The molecule has 0 fully saturated rings. The molecule has 0 saturated carbocycles. The van der Waals surface area contributed by atoms with Gasteiger partial charge in [-0.3, -0.25) is 0 Å². The lowest BCUT2D eigenvalue weighted by Gasteiger charge is -2.13. The number of ether oxygens (including phenoxy) is 1. The first kappa shape index (κ1) is 17.8. The largest absolute Gasteiger partial charge is 0.464 e. The van der Waals surface area contributed by atoms with E-state index in [0.717, 1.165) is 19.4 Å². The van der Waals surface area contributed by atoms with E-state index in [0.29, 0.717) is 0 Å². The predicted molar refractivity (Wildman–Crippen MR) is 81.0 cm³/mol. The number of aromatic nitrogens is 1. The van der Waals surface area contributed by atoms with Crippen molar-refractivity contribution in [2.45, 2.75) is 6.18 Å². The smallest absolute Gasteiger partial charge is 0.418 e. The van der Waals surface area contributed by atoms with Crippen LogP contribution in [0.1, 0.15) is 16.1 Å². The number of carbonyl (C=O) groups excluding carboxylic acids is 1. The Morgan fingerprint density at radius 3 is 2.39 bits per heavy atom. The van der Waals surface area contributed by atoms with Crippen molar-refractivity contribution in [3.05, 3.63) is 50.7 Å². The van der Waals surface area contributed by atoms with Gasteiger partial charge < -0.3 is 4.74 Å². The molecule has 0 bridgehead atoms. The van der Waals surface area contributed by atoms with Gasteiger partial charge in [0.05, 0.1) is 27.7 Å². The molecule has 0 aliphatic rings. The van der Waals surface area contributed by atoms with E-state index in [1.807, 2.05) is 0 Å². The van der Waals surface area contributed by atoms with Gasteiger partial charge in [-0.25, -0.2) is 9.78 Å². The van der Waals surface area contributed by atoms with Crippen LogP contribution >= 0.6 is 34.8 Å². The van der Waals surface area contributed by atoms with E-state index >= 15 is 0 Å². The summed E-state index contributed by atoms with van der Waals surface area (Å²) in [5, 5.41) is 0.159. The number of hydrogen-bond donors (Lipinski definition) is 0. The topological polar surface area (TPSA) is 39.2 Å². The second-order valence-electron chi connectivity index (χ2n) is 4.33. The number of methoxy groups -OCH3 is 1. The van der Waals surface area contributed by atoms with E-state index in [2.05, 4.69) is 9.72 Å². The van der Waals surface area contributed by atoms with E-state index < -0.39 is 23.4 Å². The lowest BCUT2D eigenvalue weighted by molar-refractivity contribution is -0.138. The molecule has 0 aliphatic carbocycles. The van der Waals surface area contributed by atoms with Gasteiger partial charge in [-0.05, 0) is 12.1 Å². The van der Waals surface area contributed by atoms with Crippen LogP contribution in [0.2, 0.25) is 15.1 Å². The van der Waals surface area contributed by atoms with Crippen molar-refractivity contribution in [3.63, 3.8) is 0 Å². The fourth-order valence-corrected chi connectivity index (χ4v) is 2.48. The highest BCUT2D eigenvalue weighted by molar-refractivity contribution is 6.49. The van der Waals surface area contributed by atoms with Crippen molar-refractivity contribution in [1.82, 2.24) is 4.98 Å². The number of pyridine rings is 1. The molecule has 0 N–H and O–H groups in total. The molecule has 9 heteroatoms. The van der Waals surface area contributed by atoms with Crippen LogP contribution in [0.4, 0.5) is 13.2 Å². The van der Waals surface area contributed by atoms with E-state index in [1.165, 1.54) is 12.1 Å². The number of esters is 1. The third-order valence-electron chi connectivity index (χ3n) is 2.92. The average molecular weight is 385 g/mol. The Hall–Kier alpha value is -1.50. The zero-order valence-corrected chi connectivity index (χ0v) is 13.6. The predicted octanol–water partition coefficient (Wildman–Crippen LogP) is 5.51. The summed E-state index contributed by atoms with van der Waals surface area (Å²) in [6.45, 7) is 0. The Kier molecular flexibility index (Phi) is 5.08. The molecule has 23 heavy (non-hydrogen) atoms. The Bertz CT molecular complexity index is 779. The van der Waals surface area contributed by atoms with Crippen molar-refractivity contribution >= 4 is 40.8 Å². The van der Waals surface area contributed by atoms with Crippen LogP contribution in [0.25, 0.3) is 11.1 Å². The van der Waals surface area contributed by atoms with Crippen molar-refractivity contribution < 1.29 is 22.7 Å². The van der Waals surface area contributed by atoms with Gasteiger partial charge in [-0.2, -0.15) is 13.2 Å². The molecule has 2 aromatic rings. The first-order chi connectivity index (χ1) is 10.7. The summed E-state index contributed by atoms with van der Waals surface area (Å²) in [6, 6.07) is 3.56. The summed E-state index contributed by atoms with van der Waals surface area (Å²) in [6.07, 6.45) is -3.72. The van der Waals surface area contributed by atoms with Gasteiger partial charge in [0.15, 0.2) is 5.69 Å². The molecule has 0 radical (unpaired) electrons. The quantitative estimate of drug-likeness (QED) is 0.506. The lowest BCUT2D eigenvalue weighted by atomic mass is 10.0. The van der Waals surface area contributed by atoms with Crippen molar-refractivity contribution in [3.8, 4) is 11.1 Å². The van der Waals surface area contributed by atoms with Crippen LogP contribution in [-0.2, 0) is 10.9 Å². The van der Waals surface area contributed by atoms with Gasteiger partial charge in [0.2, 0.25) is 0 Å². The van der Waals surface area contributed by atoms with Crippen molar-refractivity contribution in [2.24, 2.45) is 0 Å². The van der Waals surface area contributed by atoms with Crippen LogP contribution < -0.4 is 0 Å². The monoisotopic (exact) mass is 383 g/mol. The van der Waals surface area contributed by atoms with Crippen LogP contribution in [0.3, 0.4) is 0 Å². The summed E-state index contributed by atoms with van der Waals surface area (Å²) in [5.41, 5.74) is -1.83. The second kappa shape index (κ2) is 6.55. The van der Waals surface area contributed by atoms with Gasteiger partial charge >= 0.3 is 12.1 Å². The number of rotatable bonds is 2. The zero-order chi connectivity index (χ0) is 17.4. The number of nitrogens with zero attached hydrogens (tertiary/aromatic N) is 1. The van der Waals surface area contributed by atoms with E-state index in [9.17, 15) is 18.0 Å². The average Bonchev–Trinajstić information content (AvgIpc) is 2.50. The van der Waals surface area contributed by atoms with Crippen molar-refractivity contribution in [2.75, 3.05) is 7.11 Å². The normalized spacial score (nSPS) is 11.4. The number of halogens is 6. The number of benzene rings is 1. The summed E-state index contributed by atoms with van der Waals surface area (Å²) in [7, 11) is 0.966. The summed E-state index contributed by atoms with van der Waals surface area (Å²) in [4.78, 5) is 15.0. The van der Waals surface area contributed by atoms with Crippen LogP contribution in [0, 0.1) is 0 Å². The summed E-state index contributed by atoms with van der Waals surface area (Å²) in [5.74, 6) is -1.19. The molecule has 0 amide bonds. The summed E-state index contributed by atoms with van der Waals surface area (Å²) < 4.78 is 43.8. The molecule has 1 aromatic carbocycles. The molecular weight excluding hydrogens is 378 g/mol. The first-order valence-corrected chi connectivity index (χ1v) is 7.09. The van der Waals surface area contributed by atoms with Gasteiger partial charge in [-0.15, -0.1) is 0 Å². The van der Waals surface area contributed by atoms with Crippen LogP contribution in [0.15, 0.2) is 24.4 Å². The highest BCUT2D eigenvalue weighted by atomic mass is 35.5. The Balaban J connectivity index is 2.67. The highest BCUT2D eigenvalue weighted by Gasteiger charge is 2.37. The molecule has 2 rings (SSSR count). The Morgan fingerprint density at radius 2 is 1.83 bits per heavy atom. The number of carbonyl (C=O) groups is 1. The van der Waals surface area contributed by atoms with E-state index in [-0.39, 0.29) is 26.2 Å². The standard InChI is InChI=1S/C14H7Cl3F3NO2/c1-23-13(22)12-8(14(18,19)20)4-6(5-21-12)7-2-3-9(15)11(17)10(7)16/h2-5H,1H3. The van der Waals surface area contributed by atoms with Gasteiger partial charge in [-0.1, -0.05) is 40.9 Å². The number of alkyl halides is 3. The highest BCUT2D eigenvalue weighted by Crippen LogP contribution is 2.40. The molecule has 1 aromatic heterocycles. The summed E-state index contributed by atoms with van der Waals surface area (Å²) >= 11 is 17.7. The molecule has 0 aliphatic heterocycles. The molecule has 0 unspecified atom stereocenters. The molecule has 122 valence electrons. The van der Waals surface area contributed by atoms with E-state index in [1.54, 1.807) is 0 Å². The molecule has 0 atom stereocenters. The molecule has 0 saturated heterocycles. The zero-order valence-electron chi connectivity index (χ0n) is 11.3. The lowest BCUT2D eigenvalue weighted by Crippen LogP contribution is -2.16. The minimum atomic E-state index is -4.80. The maximum Gasteiger partial charge on any atom is 0.418 e.